The van der Waals surface area contributed by atoms with Gasteiger partial charge in [0, 0.05) is 5.56 Å². The number of nitrogens with one attached hydrogen (secondary N) is 1. The lowest BCUT2D eigenvalue weighted by Crippen LogP contribution is -2.30. The van der Waals surface area contributed by atoms with Crippen LogP contribution < -0.4 is 10.1 Å². The number of ether oxygens (including phenoxy) is 1. The molecule has 1 unspecified atom stereocenters. The Balaban J connectivity index is 1.96. The van der Waals surface area contributed by atoms with Gasteiger partial charge in [0.25, 0.3) is 5.91 Å². The smallest absolute Gasteiger partial charge is 0.270 e. The van der Waals surface area contributed by atoms with Crippen molar-refractivity contribution < 1.29 is 14.6 Å². The van der Waals surface area contributed by atoms with E-state index in [2.05, 4.69) is 5.32 Å². The van der Waals surface area contributed by atoms with Gasteiger partial charge in [-0.15, -0.1) is 0 Å². The lowest BCUT2D eigenvalue weighted by atomic mass is 10.1. The molecule has 2 N–H and O–H groups in total. The zero-order chi connectivity index (χ0) is 13.2. The number of aliphatic hydroxyl groups excluding tert-OH is 1. The number of amides is 1. The molecule has 0 saturated heterocycles. The second-order valence-corrected chi connectivity index (χ2v) is 4.39. The SMILES string of the molecule is O=C1Nc2ccc(CO)cc2OC1c1ccccc1. The minimum atomic E-state index is -0.650. The molecule has 1 amide bonds. The molecular weight excluding hydrogens is 242 g/mol. The molecule has 1 atom stereocenters. The molecule has 1 heterocycles. The molecule has 19 heavy (non-hydrogen) atoms. The Hall–Kier alpha value is -2.33. The quantitative estimate of drug-likeness (QED) is 0.865. The summed E-state index contributed by atoms with van der Waals surface area (Å²) in [4.78, 5) is 12.0. The van der Waals surface area contributed by atoms with Gasteiger partial charge in [-0.3, -0.25) is 4.79 Å². The molecule has 3 rings (SSSR count). The lowest BCUT2D eigenvalue weighted by Gasteiger charge is -2.26. The number of carbonyl (C=O) groups is 1. The normalized spacial score (nSPS) is 17.3. The number of aliphatic hydroxyl groups is 1. The van der Waals surface area contributed by atoms with E-state index in [4.69, 9.17) is 9.84 Å². The van der Waals surface area contributed by atoms with Crippen LogP contribution in [0.3, 0.4) is 0 Å². The fourth-order valence-electron chi connectivity index (χ4n) is 2.09. The van der Waals surface area contributed by atoms with Crippen molar-refractivity contribution in [2.45, 2.75) is 12.7 Å². The molecule has 2 aromatic carbocycles. The third kappa shape index (κ3) is 2.18. The summed E-state index contributed by atoms with van der Waals surface area (Å²) in [7, 11) is 0. The van der Waals surface area contributed by atoms with Crippen LogP contribution in [-0.4, -0.2) is 11.0 Å². The van der Waals surface area contributed by atoms with E-state index in [1.54, 1.807) is 18.2 Å². The number of benzene rings is 2. The second kappa shape index (κ2) is 4.74. The van der Waals surface area contributed by atoms with Gasteiger partial charge in [0.2, 0.25) is 6.10 Å². The van der Waals surface area contributed by atoms with Gasteiger partial charge in [0.1, 0.15) is 5.75 Å². The first-order valence-corrected chi connectivity index (χ1v) is 6.04. The predicted molar refractivity (Wildman–Crippen MR) is 70.8 cm³/mol. The highest BCUT2D eigenvalue weighted by Gasteiger charge is 2.28. The standard InChI is InChI=1S/C15H13NO3/c17-9-10-6-7-12-13(8-10)19-14(15(18)16-12)11-4-2-1-3-5-11/h1-8,14,17H,9H2,(H,16,18). The van der Waals surface area contributed by atoms with Gasteiger partial charge in [-0.1, -0.05) is 36.4 Å². The molecule has 0 bridgehead atoms. The van der Waals surface area contributed by atoms with Gasteiger partial charge in [-0.05, 0) is 17.7 Å². The van der Waals surface area contributed by atoms with Gasteiger partial charge in [-0.25, -0.2) is 0 Å². The van der Waals surface area contributed by atoms with Gasteiger partial charge in [0.05, 0.1) is 12.3 Å². The van der Waals surface area contributed by atoms with E-state index < -0.39 is 6.10 Å². The first-order chi connectivity index (χ1) is 9.28. The van der Waals surface area contributed by atoms with Crippen molar-refractivity contribution in [2.75, 3.05) is 5.32 Å². The maximum atomic E-state index is 12.0. The Kier molecular flexibility index (Phi) is 2.93. The van der Waals surface area contributed by atoms with E-state index in [0.29, 0.717) is 11.4 Å². The highest BCUT2D eigenvalue weighted by molar-refractivity contribution is 5.98. The molecule has 0 saturated carbocycles. The van der Waals surface area contributed by atoms with Crippen LogP contribution in [0.1, 0.15) is 17.2 Å². The van der Waals surface area contributed by atoms with E-state index in [9.17, 15) is 4.79 Å². The third-order valence-electron chi connectivity index (χ3n) is 3.07. The summed E-state index contributed by atoms with van der Waals surface area (Å²) >= 11 is 0. The van der Waals surface area contributed by atoms with Crippen molar-refractivity contribution in [2.24, 2.45) is 0 Å². The summed E-state index contributed by atoms with van der Waals surface area (Å²) < 4.78 is 5.75. The van der Waals surface area contributed by atoms with Crippen molar-refractivity contribution >= 4 is 11.6 Å². The van der Waals surface area contributed by atoms with E-state index in [-0.39, 0.29) is 12.5 Å². The largest absolute Gasteiger partial charge is 0.474 e. The van der Waals surface area contributed by atoms with Gasteiger partial charge >= 0.3 is 0 Å². The van der Waals surface area contributed by atoms with Crippen molar-refractivity contribution in [3.8, 4) is 5.75 Å². The first kappa shape index (κ1) is 11.7. The number of anilines is 1. The van der Waals surface area contributed by atoms with Crippen LogP contribution in [0, 0.1) is 0 Å². The molecule has 1 aliphatic heterocycles. The Morgan fingerprint density at radius 2 is 1.95 bits per heavy atom. The van der Waals surface area contributed by atoms with Crippen molar-refractivity contribution in [1.82, 2.24) is 0 Å². The Morgan fingerprint density at radius 1 is 1.16 bits per heavy atom. The minimum Gasteiger partial charge on any atom is -0.474 e. The van der Waals surface area contributed by atoms with E-state index in [0.717, 1.165) is 11.1 Å². The first-order valence-electron chi connectivity index (χ1n) is 6.04. The molecule has 4 heteroatoms. The number of carbonyl (C=O) groups excluding carboxylic acids is 1. The average Bonchev–Trinajstić information content (AvgIpc) is 2.47. The molecule has 1 aliphatic rings. The van der Waals surface area contributed by atoms with Gasteiger partial charge in [-0.2, -0.15) is 0 Å². The molecule has 0 radical (unpaired) electrons. The van der Waals surface area contributed by atoms with Crippen LogP contribution in [0.15, 0.2) is 48.5 Å². The van der Waals surface area contributed by atoms with Crippen LogP contribution in [0.4, 0.5) is 5.69 Å². The molecule has 4 nitrogen and oxygen atoms in total. The van der Waals surface area contributed by atoms with E-state index in [1.807, 2.05) is 30.3 Å². The predicted octanol–water partition coefficient (Wildman–Crippen LogP) is 2.25. The maximum absolute atomic E-state index is 12.0. The maximum Gasteiger partial charge on any atom is 0.270 e. The molecule has 96 valence electrons. The zero-order valence-electron chi connectivity index (χ0n) is 10.2. The molecule has 0 fully saturated rings. The molecule has 0 aromatic heterocycles. The van der Waals surface area contributed by atoms with E-state index >= 15 is 0 Å². The topological polar surface area (TPSA) is 58.6 Å². The van der Waals surface area contributed by atoms with Gasteiger partial charge in [0.15, 0.2) is 0 Å². The summed E-state index contributed by atoms with van der Waals surface area (Å²) in [6.45, 7) is -0.0550. The Morgan fingerprint density at radius 3 is 2.68 bits per heavy atom. The molecular formula is C15H13NO3. The number of rotatable bonds is 2. The van der Waals surface area contributed by atoms with Crippen LogP contribution in [-0.2, 0) is 11.4 Å². The monoisotopic (exact) mass is 255 g/mol. The van der Waals surface area contributed by atoms with Crippen LogP contribution >= 0.6 is 0 Å². The summed E-state index contributed by atoms with van der Waals surface area (Å²) in [6, 6.07) is 14.6. The van der Waals surface area contributed by atoms with Crippen LogP contribution in [0.2, 0.25) is 0 Å². The summed E-state index contributed by atoms with van der Waals surface area (Å²) in [5.74, 6) is 0.399. The summed E-state index contributed by atoms with van der Waals surface area (Å²) in [6.07, 6.45) is -0.650. The van der Waals surface area contributed by atoms with Crippen LogP contribution in [0.5, 0.6) is 5.75 Å². The van der Waals surface area contributed by atoms with Crippen molar-refractivity contribution in [1.29, 1.82) is 0 Å². The highest BCUT2D eigenvalue weighted by Crippen LogP contribution is 2.35. The minimum absolute atomic E-state index is 0.0550. The zero-order valence-corrected chi connectivity index (χ0v) is 10.2. The van der Waals surface area contributed by atoms with Gasteiger partial charge < -0.3 is 15.2 Å². The summed E-state index contributed by atoms with van der Waals surface area (Å²) in [5, 5.41) is 11.9. The van der Waals surface area contributed by atoms with Crippen molar-refractivity contribution in [3.63, 3.8) is 0 Å². The Labute approximate surface area is 110 Å². The summed E-state index contributed by atoms with van der Waals surface area (Å²) in [5.41, 5.74) is 2.19. The average molecular weight is 255 g/mol. The molecule has 2 aromatic rings. The molecule has 0 spiro atoms. The second-order valence-electron chi connectivity index (χ2n) is 4.39. The number of hydrogen-bond donors (Lipinski definition) is 2. The fraction of sp³-hybridized carbons (Fsp3) is 0.133. The van der Waals surface area contributed by atoms with E-state index in [1.165, 1.54) is 0 Å². The fourth-order valence-corrected chi connectivity index (χ4v) is 2.09. The Bertz CT molecular complexity index is 610. The van der Waals surface area contributed by atoms with Crippen LogP contribution in [0.25, 0.3) is 0 Å². The number of fused-ring (bicyclic) bond motifs is 1. The highest BCUT2D eigenvalue weighted by atomic mass is 16.5. The number of hydrogen-bond acceptors (Lipinski definition) is 3. The molecule has 0 aliphatic carbocycles. The third-order valence-corrected chi connectivity index (χ3v) is 3.07. The lowest BCUT2D eigenvalue weighted by molar-refractivity contribution is -0.123. The van der Waals surface area contributed by atoms with Crippen molar-refractivity contribution in [3.05, 3.63) is 59.7 Å².